The molecule has 0 unspecified atom stereocenters. The predicted molar refractivity (Wildman–Crippen MR) is 91.3 cm³/mol. The topological polar surface area (TPSA) is 31.2 Å². The molecule has 1 heterocycles. The van der Waals surface area contributed by atoms with E-state index in [4.69, 9.17) is 39.5 Å². The summed E-state index contributed by atoms with van der Waals surface area (Å²) in [6.45, 7) is 3.24. The van der Waals surface area contributed by atoms with Gasteiger partial charge in [-0.15, -0.1) is 0 Å². The van der Waals surface area contributed by atoms with Crippen LogP contribution < -0.4 is 0 Å². The minimum atomic E-state index is -4.82. The molecule has 1 aromatic carbocycles. The lowest BCUT2D eigenvalue weighted by atomic mass is 10.0. The third-order valence-electron chi connectivity index (χ3n) is 3.41. The van der Waals surface area contributed by atoms with E-state index in [-0.39, 0.29) is 17.2 Å². The monoisotopic (exact) mass is 429 g/mol. The third-order valence-corrected chi connectivity index (χ3v) is 4.53. The molecule has 0 amide bonds. The summed E-state index contributed by atoms with van der Waals surface area (Å²) in [6.07, 6.45) is -3.51. The van der Waals surface area contributed by atoms with Crippen LogP contribution in [0.5, 0.6) is 0 Å². The molecule has 26 heavy (non-hydrogen) atoms. The van der Waals surface area contributed by atoms with E-state index in [2.05, 4.69) is 6.58 Å². The Hall–Kier alpha value is -1.70. The molecule has 0 atom stereocenters. The first-order valence-electron chi connectivity index (χ1n) is 6.89. The lowest BCUT2D eigenvalue weighted by Gasteiger charge is -2.09. The van der Waals surface area contributed by atoms with Crippen molar-refractivity contribution >= 4 is 40.8 Å². The number of alkyl halides is 3. The van der Waals surface area contributed by atoms with Gasteiger partial charge < -0.3 is 9.30 Å². The molecule has 0 saturated heterocycles. The first-order valence-corrected chi connectivity index (χ1v) is 8.02. The molecule has 0 aliphatic heterocycles. The van der Waals surface area contributed by atoms with Crippen molar-refractivity contribution in [3.8, 4) is 11.1 Å². The van der Waals surface area contributed by atoms with Crippen LogP contribution >= 0.6 is 34.8 Å². The number of carbonyl (C=O) groups excluding carboxylic acids is 1. The van der Waals surface area contributed by atoms with Crippen molar-refractivity contribution in [3.63, 3.8) is 0 Å². The van der Waals surface area contributed by atoms with Gasteiger partial charge in [0.1, 0.15) is 23.3 Å². The molecule has 2 aromatic rings. The van der Waals surface area contributed by atoms with Crippen LogP contribution in [0, 0.1) is 5.82 Å². The number of halogens is 7. The van der Waals surface area contributed by atoms with Crippen LogP contribution in [0.25, 0.3) is 11.1 Å². The minimum Gasteiger partial charge on any atom is -0.458 e. The van der Waals surface area contributed by atoms with Crippen molar-refractivity contribution in [2.24, 2.45) is 7.05 Å². The van der Waals surface area contributed by atoms with Crippen molar-refractivity contribution in [1.82, 2.24) is 4.57 Å². The average molecular weight is 431 g/mol. The predicted octanol–water partition coefficient (Wildman–Crippen LogP) is 6.15. The van der Waals surface area contributed by atoms with E-state index in [0.29, 0.717) is 4.57 Å². The largest absolute Gasteiger partial charge is 0.458 e. The normalized spacial score (nSPS) is 11.5. The second kappa shape index (κ2) is 7.50. The Morgan fingerprint density at radius 1 is 1.31 bits per heavy atom. The van der Waals surface area contributed by atoms with Gasteiger partial charge in [0.2, 0.25) is 0 Å². The van der Waals surface area contributed by atoms with E-state index < -0.39 is 45.0 Å². The lowest BCUT2D eigenvalue weighted by molar-refractivity contribution is -0.142. The standard InChI is InChI=1S/C16H10Cl3F4NO2/c1-3-4-26-15(25)7-5-8(10(20)6-9(7)17)11-12(18)13(16(21,22)23)24(2)14(11)19/h3,5-6H,1,4H2,2H3. The molecule has 3 nitrogen and oxygen atoms in total. The number of benzene rings is 1. The van der Waals surface area contributed by atoms with Gasteiger partial charge in [0.15, 0.2) is 0 Å². The number of aromatic nitrogens is 1. The van der Waals surface area contributed by atoms with Gasteiger partial charge in [0, 0.05) is 18.2 Å². The zero-order valence-electron chi connectivity index (χ0n) is 13.1. The number of hydrogen-bond donors (Lipinski definition) is 0. The highest BCUT2D eigenvalue weighted by Gasteiger charge is 2.40. The highest BCUT2D eigenvalue weighted by molar-refractivity contribution is 6.40. The Morgan fingerprint density at radius 2 is 1.92 bits per heavy atom. The quantitative estimate of drug-likeness (QED) is 0.331. The summed E-state index contributed by atoms with van der Waals surface area (Å²) < 4.78 is 59.3. The number of ether oxygens (including phenoxy) is 1. The van der Waals surface area contributed by atoms with Crippen LogP contribution in [-0.2, 0) is 18.0 Å². The Labute approximate surface area is 160 Å². The second-order valence-electron chi connectivity index (χ2n) is 5.08. The van der Waals surface area contributed by atoms with Gasteiger partial charge in [-0.05, 0) is 12.1 Å². The summed E-state index contributed by atoms with van der Waals surface area (Å²) >= 11 is 17.6. The molecule has 1 aromatic heterocycles. The Morgan fingerprint density at radius 3 is 2.42 bits per heavy atom. The fourth-order valence-corrected chi connectivity index (χ4v) is 3.26. The van der Waals surface area contributed by atoms with E-state index in [1.54, 1.807) is 0 Å². The maximum absolute atomic E-state index is 14.4. The first kappa shape index (κ1) is 20.6. The van der Waals surface area contributed by atoms with Crippen molar-refractivity contribution in [3.05, 3.63) is 57.1 Å². The molecule has 0 saturated carbocycles. The highest BCUT2D eigenvalue weighted by atomic mass is 35.5. The van der Waals surface area contributed by atoms with Gasteiger partial charge >= 0.3 is 12.1 Å². The maximum Gasteiger partial charge on any atom is 0.432 e. The number of nitrogens with zero attached hydrogens (tertiary/aromatic N) is 1. The zero-order valence-corrected chi connectivity index (χ0v) is 15.3. The van der Waals surface area contributed by atoms with Gasteiger partial charge in [0.05, 0.1) is 15.6 Å². The molecule has 10 heteroatoms. The Bertz CT molecular complexity index is 891. The van der Waals surface area contributed by atoms with E-state index in [0.717, 1.165) is 19.2 Å². The molecule has 0 aliphatic carbocycles. The van der Waals surface area contributed by atoms with E-state index >= 15 is 0 Å². The molecule has 0 spiro atoms. The van der Waals surface area contributed by atoms with Crippen LogP contribution in [-0.4, -0.2) is 17.1 Å². The maximum atomic E-state index is 14.4. The Balaban J connectivity index is 2.70. The summed E-state index contributed by atoms with van der Waals surface area (Å²) in [4.78, 5) is 12.0. The van der Waals surface area contributed by atoms with Crippen molar-refractivity contribution in [2.75, 3.05) is 6.61 Å². The fourth-order valence-electron chi connectivity index (χ4n) is 2.28. The summed E-state index contributed by atoms with van der Waals surface area (Å²) in [5.74, 6) is -1.91. The fraction of sp³-hybridized carbons (Fsp3) is 0.188. The summed E-state index contributed by atoms with van der Waals surface area (Å²) in [5, 5.41) is -1.52. The summed E-state index contributed by atoms with van der Waals surface area (Å²) in [7, 11) is 1.04. The number of rotatable bonds is 4. The molecule has 0 aliphatic rings. The number of carbonyl (C=O) groups is 1. The molecular weight excluding hydrogens is 421 g/mol. The van der Waals surface area contributed by atoms with Gasteiger partial charge in [-0.25, -0.2) is 9.18 Å². The van der Waals surface area contributed by atoms with E-state index in [1.165, 1.54) is 6.08 Å². The second-order valence-corrected chi connectivity index (χ2v) is 6.23. The average Bonchev–Trinajstić information content (AvgIpc) is 2.75. The van der Waals surface area contributed by atoms with Crippen molar-refractivity contribution in [2.45, 2.75) is 6.18 Å². The molecule has 0 N–H and O–H groups in total. The molecule has 2 rings (SSSR count). The molecule has 0 radical (unpaired) electrons. The van der Waals surface area contributed by atoms with Gasteiger partial charge in [-0.3, -0.25) is 0 Å². The van der Waals surface area contributed by atoms with Crippen LogP contribution in [0.1, 0.15) is 16.1 Å². The van der Waals surface area contributed by atoms with Crippen molar-refractivity contribution < 1.29 is 27.1 Å². The van der Waals surface area contributed by atoms with Crippen LogP contribution in [0.2, 0.25) is 15.2 Å². The first-order chi connectivity index (χ1) is 12.0. The third kappa shape index (κ3) is 3.70. The van der Waals surface area contributed by atoms with E-state index in [1.807, 2.05) is 0 Å². The van der Waals surface area contributed by atoms with E-state index in [9.17, 15) is 22.4 Å². The summed E-state index contributed by atoms with van der Waals surface area (Å²) in [5.41, 5.74) is -2.32. The number of hydrogen-bond acceptors (Lipinski definition) is 2. The highest BCUT2D eigenvalue weighted by Crippen LogP contribution is 2.46. The van der Waals surface area contributed by atoms with Gasteiger partial charge in [-0.1, -0.05) is 47.5 Å². The minimum absolute atomic E-state index is 0.132. The van der Waals surface area contributed by atoms with Crippen LogP contribution in [0.3, 0.4) is 0 Å². The molecule has 140 valence electrons. The van der Waals surface area contributed by atoms with Gasteiger partial charge in [0.25, 0.3) is 0 Å². The van der Waals surface area contributed by atoms with Gasteiger partial charge in [-0.2, -0.15) is 13.2 Å². The SMILES string of the molecule is C=CCOC(=O)c1cc(-c2c(Cl)c(C(F)(F)F)n(C)c2Cl)c(F)cc1Cl. The van der Waals surface area contributed by atoms with Crippen LogP contribution in [0.15, 0.2) is 24.8 Å². The molecular formula is C16H10Cl3F4NO2. The lowest BCUT2D eigenvalue weighted by Crippen LogP contribution is -2.11. The zero-order chi connectivity index (χ0) is 19.8. The smallest absolute Gasteiger partial charge is 0.432 e. The van der Waals surface area contributed by atoms with Crippen LogP contribution in [0.4, 0.5) is 17.6 Å². The molecule has 0 bridgehead atoms. The Kier molecular flexibility index (Phi) is 5.95. The summed E-state index contributed by atoms with van der Waals surface area (Å²) in [6, 6.07) is 1.71. The molecule has 0 fully saturated rings. The van der Waals surface area contributed by atoms with Crippen molar-refractivity contribution in [1.29, 1.82) is 0 Å². The number of esters is 1.